The van der Waals surface area contributed by atoms with Crippen LogP contribution in [0.2, 0.25) is 0 Å². The fourth-order valence-electron chi connectivity index (χ4n) is 1.80. The molecule has 3 atom stereocenters. The minimum atomic E-state index is -0.656. The molecule has 1 aliphatic heterocycles. The van der Waals surface area contributed by atoms with Gasteiger partial charge >= 0.3 is 0 Å². The van der Waals surface area contributed by atoms with Crippen LogP contribution >= 0.6 is 0 Å². The van der Waals surface area contributed by atoms with Crippen LogP contribution < -0.4 is 11.1 Å². The van der Waals surface area contributed by atoms with Gasteiger partial charge in [-0.3, -0.25) is 5.41 Å². The van der Waals surface area contributed by atoms with Gasteiger partial charge in [0.15, 0.2) is 12.2 Å². The predicted octanol–water partition coefficient (Wildman–Crippen LogP) is 0.805. The number of rotatable bonds is 7. The van der Waals surface area contributed by atoms with Crippen LogP contribution in [-0.4, -0.2) is 56.4 Å². The van der Waals surface area contributed by atoms with Crippen molar-refractivity contribution >= 4 is 5.96 Å². The molecule has 0 spiro atoms. The Labute approximate surface area is 127 Å². The van der Waals surface area contributed by atoms with Gasteiger partial charge in [0.05, 0.1) is 12.7 Å². The van der Waals surface area contributed by atoms with Gasteiger partial charge in [-0.25, -0.2) is 0 Å². The largest absolute Gasteiger partial charge is 0.379 e. The van der Waals surface area contributed by atoms with Crippen molar-refractivity contribution in [2.24, 2.45) is 5.73 Å². The summed E-state index contributed by atoms with van der Waals surface area (Å²) in [4.78, 5) is 0. The molecule has 0 bridgehead atoms. The third-order valence-corrected chi connectivity index (χ3v) is 2.88. The number of ether oxygens (including phenoxy) is 3. The molecule has 21 heavy (non-hydrogen) atoms. The Balaban J connectivity index is 0.000000690. The standard InChI is InChI=1S/C12H24O4.C2H7N3/c1-3-7-14-9-11-10(15-8-4-2)5-6-12(13)16-11;1-5-2(3)4/h10-13H,3-9H2,1-2H3;1H3,(H4,3,4,5). The average Bonchev–Trinajstić information content (AvgIpc) is 2.47. The Morgan fingerprint density at radius 1 is 1.33 bits per heavy atom. The van der Waals surface area contributed by atoms with Crippen LogP contribution in [0.25, 0.3) is 0 Å². The summed E-state index contributed by atoms with van der Waals surface area (Å²) in [7, 11) is 1.60. The molecular formula is C14H31N3O4. The lowest BCUT2D eigenvalue weighted by Crippen LogP contribution is -2.43. The Morgan fingerprint density at radius 3 is 2.48 bits per heavy atom. The number of nitrogens with two attached hydrogens (primary N) is 1. The molecule has 1 fully saturated rings. The predicted molar refractivity (Wildman–Crippen MR) is 82.2 cm³/mol. The number of hydrogen-bond donors (Lipinski definition) is 4. The number of hydrogen-bond acceptors (Lipinski definition) is 5. The maximum Gasteiger partial charge on any atom is 0.185 e. The first kappa shape index (κ1) is 20.1. The van der Waals surface area contributed by atoms with E-state index in [4.69, 9.17) is 25.4 Å². The van der Waals surface area contributed by atoms with Crippen LogP contribution in [0.1, 0.15) is 39.5 Å². The van der Waals surface area contributed by atoms with Crippen molar-refractivity contribution in [1.82, 2.24) is 5.32 Å². The van der Waals surface area contributed by atoms with E-state index < -0.39 is 6.29 Å². The molecule has 1 heterocycles. The second-order valence-electron chi connectivity index (χ2n) is 4.85. The molecule has 0 saturated carbocycles. The summed E-state index contributed by atoms with van der Waals surface area (Å²) in [5.41, 5.74) is 4.76. The quantitative estimate of drug-likeness (QED) is 0.315. The summed E-state index contributed by atoms with van der Waals surface area (Å²) in [5, 5.41) is 18.2. The topological polar surface area (TPSA) is 110 Å². The van der Waals surface area contributed by atoms with E-state index in [0.29, 0.717) is 13.0 Å². The zero-order valence-electron chi connectivity index (χ0n) is 13.4. The monoisotopic (exact) mass is 305 g/mol. The van der Waals surface area contributed by atoms with Crippen LogP contribution in [-0.2, 0) is 14.2 Å². The van der Waals surface area contributed by atoms with E-state index in [1.807, 2.05) is 0 Å². The summed E-state index contributed by atoms with van der Waals surface area (Å²) >= 11 is 0. The molecule has 1 saturated heterocycles. The van der Waals surface area contributed by atoms with Gasteiger partial charge in [-0.05, 0) is 19.3 Å². The van der Waals surface area contributed by atoms with Crippen molar-refractivity contribution in [2.45, 2.75) is 58.0 Å². The fourth-order valence-corrected chi connectivity index (χ4v) is 1.80. The van der Waals surface area contributed by atoms with E-state index in [0.717, 1.165) is 32.5 Å². The molecule has 7 nitrogen and oxygen atoms in total. The van der Waals surface area contributed by atoms with Crippen molar-refractivity contribution in [3.8, 4) is 0 Å². The second-order valence-corrected chi connectivity index (χ2v) is 4.85. The number of guanidine groups is 1. The molecule has 0 aliphatic carbocycles. The van der Waals surface area contributed by atoms with Crippen LogP contribution in [0, 0.1) is 5.41 Å². The van der Waals surface area contributed by atoms with Gasteiger partial charge < -0.3 is 30.4 Å². The van der Waals surface area contributed by atoms with E-state index in [1.54, 1.807) is 7.05 Å². The minimum Gasteiger partial charge on any atom is -0.379 e. The zero-order valence-corrected chi connectivity index (χ0v) is 13.4. The van der Waals surface area contributed by atoms with Crippen LogP contribution in [0.3, 0.4) is 0 Å². The first-order valence-electron chi connectivity index (χ1n) is 7.59. The molecule has 0 amide bonds. The highest BCUT2D eigenvalue weighted by Crippen LogP contribution is 2.21. The van der Waals surface area contributed by atoms with Gasteiger partial charge in [-0.15, -0.1) is 0 Å². The van der Waals surface area contributed by atoms with Crippen LogP contribution in [0.15, 0.2) is 0 Å². The van der Waals surface area contributed by atoms with Gasteiger partial charge in [0, 0.05) is 26.7 Å². The third kappa shape index (κ3) is 10.5. The molecule has 0 aromatic carbocycles. The lowest BCUT2D eigenvalue weighted by Gasteiger charge is -2.34. The SMILES string of the molecule is CCCOCC1OC(O)CCC1OCCC.CNC(=N)N. The van der Waals surface area contributed by atoms with Crippen molar-refractivity contribution in [2.75, 3.05) is 26.9 Å². The highest BCUT2D eigenvalue weighted by Gasteiger charge is 2.30. The molecule has 0 aromatic rings. The number of aliphatic hydroxyl groups excluding tert-OH is 1. The highest BCUT2D eigenvalue weighted by atomic mass is 16.6. The van der Waals surface area contributed by atoms with Gasteiger partial charge in [0.25, 0.3) is 0 Å². The van der Waals surface area contributed by atoms with Crippen molar-refractivity contribution in [3.63, 3.8) is 0 Å². The van der Waals surface area contributed by atoms with E-state index in [-0.39, 0.29) is 18.2 Å². The van der Waals surface area contributed by atoms with Crippen molar-refractivity contribution < 1.29 is 19.3 Å². The average molecular weight is 305 g/mol. The summed E-state index contributed by atoms with van der Waals surface area (Å²) in [6, 6.07) is 0. The molecule has 0 aromatic heterocycles. The maximum absolute atomic E-state index is 9.45. The summed E-state index contributed by atoms with van der Waals surface area (Å²) in [6.45, 7) is 6.15. The molecule has 1 rings (SSSR count). The zero-order chi connectivity index (χ0) is 16.1. The fraction of sp³-hybridized carbons (Fsp3) is 0.929. The van der Waals surface area contributed by atoms with E-state index in [2.05, 4.69) is 19.2 Å². The van der Waals surface area contributed by atoms with Crippen molar-refractivity contribution in [3.05, 3.63) is 0 Å². The smallest absolute Gasteiger partial charge is 0.185 e. The highest BCUT2D eigenvalue weighted by molar-refractivity contribution is 5.73. The first-order chi connectivity index (χ1) is 10.0. The number of nitrogens with one attached hydrogen (secondary N) is 2. The first-order valence-corrected chi connectivity index (χ1v) is 7.59. The van der Waals surface area contributed by atoms with E-state index in [9.17, 15) is 5.11 Å². The molecule has 7 heteroatoms. The third-order valence-electron chi connectivity index (χ3n) is 2.88. The molecule has 5 N–H and O–H groups in total. The molecule has 126 valence electrons. The Hall–Kier alpha value is -0.890. The maximum atomic E-state index is 9.45. The van der Waals surface area contributed by atoms with Gasteiger partial charge in [0.1, 0.15) is 6.10 Å². The van der Waals surface area contributed by atoms with E-state index >= 15 is 0 Å². The second kappa shape index (κ2) is 12.8. The minimum absolute atomic E-state index is 0.00463. The molecule has 1 aliphatic rings. The van der Waals surface area contributed by atoms with Crippen LogP contribution in [0.5, 0.6) is 0 Å². The summed E-state index contributed by atoms with van der Waals surface area (Å²) in [6.07, 6.45) is 2.79. The lowest BCUT2D eigenvalue weighted by atomic mass is 10.1. The molecule has 0 radical (unpaired) electrons. The summed E-state index contributed by atoms with van der Waals surface area (Å²) < 4.78 is 16.6. The van der Waals surface area contributed by atoms with Gasteiger partial charge in [0.2, 0.25) is 0 Å². The van der Waals surface area contributed by atoms with Crippen LogP contribution in [0.4, 0.5) is 0 Å². The Bertz CT molecular complexity index is 265. The Kier molecular flexibility index (Phi) is 12.3. The van der Waals surface area contributed by atoms with Crippen molar-refractivity contribution in [1.29, 1.82) is 5.41 Å². The van der Waals surface area contributed by atoms with Gasteiger partial charge in [-0.2, -0.15) is 0 Å². The lowest BCUT2D eigenvalue weighted by molar-refractivity contribution is -0.221. The molecular weight excluding hydrogens is 274 g/mol. The molecule has 3 unspecified atom stereocenters. The van der Waals surface area contributed by atoms with Gasteiger partial charge in [-0.1, -0.05) is 13.8 Å². The normalized spacial score (nSPS) is 24.9. The van der Waals surface area contributed by atoms with E-state index in [1.165, 1.54) is 0 Å². The summed E-state index contributed by atoms with van der Waals surface area (Å²) in [5.74, 6) is 0.00463. The Morgan fingerprint density at radius 2 is 1.95 bits per heavy atom. The number of aliphatic hydroxyl groups is 1.